The topological polar surface area (TPSA) is 61.2 Å². The van der Waals surface area contributed by atoms with Gasteiger partial charge in [-0.15, -0.1) is 0 Å². The summed E-state index contributed by atoms with van der Waals surface area (Å²) in [4.78, 5) is 1.70. The molecule has 1 aliphatic heterocycles. The number of anilines is 2. The van der Waals surface area contributed by atoms with Crippen molar-refractivity contribution in [3.63, 3.8) is 0 Å². The van der Waals surface area contributed by atoms with Crippen molar-refractivity contribution in [2.75, 3.05) is 4.90 Å². The molecule has 0 N–H and O–H groups in total. The van der Waals surface area contributed by atoms with Gasteiger partial charge in [0.15, 0.2) is 4.91 Å². The van der Waals surface area contributed by atoms with Crippen molar-refractivity contribution in [3.05, 3.63) is 64.7 Å². The second-order valence-electron chi connectivity index (χ2n) is 5.24. The largest absolute Gasteiger partial charge is 0.314 e. The molecular formula is C17H14N2O2S. The Morgan fingerprint density at radius 2 is 1.77 bits per heavy atom. The first-order chi connectivity index (χ1) is 10.4. The van der Waals surface area contributed by atoms with Gasteiger partial charge in [0.05, 0.1) is 10.6 Å². The van der Waals surface area contributed by atoms with Crippen molar-refractivity contribution in [1.29, 1.82) is 5.26 Å². The van der Waals surface area contributed by atoms with Crippen LogP contribution in [0, 0.1) is 25.2 Å². The van der Waals surface area contributed by atoms with Gasteiger partial charge in [-0.1, -0.05) is 24.3 Å². The normalized spacial score (nSPS) is 15.7. The quantitative estimate of drug-likeness (QED) is 0.807. The summed E-state index contributed by atoms with van der Waals surface area (Å²) in [6.07, 6.45) is 1.40. The predicted molar refractivity (Wildman–Crippen MR) is 85.4 cm³/mol. The first kappa shape index (κ1) is 14.4. The molecule has 0 aromatic heterocycles. The van der Waals surface area contributed by atoms with E-state index in [2.05, 4.69) is 0 Å². The molecule has 0 spiro atoms. The summed E-state index contributed by atoms with van der Waals surface area (Å²) in [5.74, 6) is 0. The number of allylic oxidation sites excluding steroid dienone is 1. The number of rotatable bonds is 1. The van der Waals surface area contributed by atoms with E-state index < -0.39 is 9.84 Å². The summed E-state index contributed by atoms with van der Waals surface area (Å²) in [5.41, 5.74) is 3.40. The Morgan fingerprint density at radius 1 is 1.05 bits per heavy atom. The highest BCUT2D eigenvalue weighted by atomic mass is 32.2. The second kappa shape index (κ2) is 5.00. The first-order valence-electron chi connectivity index (χ1n) is 6.77. The molecule has 4 nitrogen and oxygen atoms in total. The van der Waals surface area contributed by atoms with E-state index in [9.17, 15) is 13.7 Å². The lowest BCUT2D eigenvalue weighted by Crippen LogP contribution is -2.22. The van der Waals surface area contributed by atoms with Crippen LogP contribution in [0.5, 0.6) is 0 Å². The smallest absolute Gasteiger partial charge is 0.220 e. The lowest BCUT2D eigenvalue weighted by molar-refractivity contribution is 0.602. The van der Waals surface area contributed by atoms with Gasteiger partial charge in [-0.3, -0.25) is 0 Å². The summed E-state index contributed by atoms with van der Waals surface area (Å²) in [6.45, 7) is 3.86. The van der Waals surface area contributed by atoms with Gasteiger partial charge in [0.2, 0.25) is 9.84 Å². The van der Waals surface area contributed by atoms with Gasteiger partial charge in [0.1, 0.15) is 6.07 Å². The molecule has 0 bridgehead atoms. The van der Waals surface area contributed by atoms with Crippen molar-refractivity contribution < 1.29 is 8.42 Å². The average molecular weight is 310 g/mol. The number of para-hydroxylation sites is 1. The monoisotopic (exact) mass is 310 g/mol. The number of nitrogens with zero attached hydrogens (tertiary/aromatic N) is 2. The Hall–Kier alpha value is -2.58. The fraction of sp³-hybridized carbons (Fsp3) is 0.118. The molecule has 110 valence electrons. The third-order valence-corrected chi connectivity index (χ3v) is 5.38. The molecule has 2 aromatic carbocycles. The van der Waals surface area contributed by atoms with Gasteiger partial charge < -0.3 is 4.90 Å². The molecule has 0 aliphatic carbocycles. The van der Waals surface area contributed by atoms with Crippen LogP contribution in [0.15, 0.2) is 58.5 Å². The maximum Gasteiger partial charge on any atom is 0.220 e. The van der Waals surface area contributed by atoms with E-state index in [1.165, 1.54) is 6.20 Å². The van der Waals surface area contributed by atoms with Crippen LogP contribution in [-0.4, -0.2) is 8.42 Å². The Balaban J connectivity index is 2.35. The Kier molecular flexibility index (Phi) is 3.27. The molecule has 1 heterocycles. The fourth-order valence-electron chi connectivity index (χ4n) is 2.54. The summed E-state index contributed by atoms with van der Waals surface area (Å²) in [6, 6.07) is 14.6. The minimum absolute atomic E-state index is 0.167. The number of hydrogen-bond donors (Lipinski definition) is 0. The van der Waals surface area contributed by atoms with Crippen LogP contribution in [0.3, 0.4) is 0 Å². The molecule has 3 rings (SSSR count). The van der Waals surface area contributed by atoms with Crippen molar-refractivity contribution in [2.24, 2.45) is 0 Å². The van der Waals surface area contributed by atoms with Crippen LogP contribution >= 0.6 is 0 Å². The Labute approximate surface area is 129 Å². The number of fused-ring (bicyclic) bond motifs is 1. The minimum Gasteiger partial charge on any atom is -0.314 e. The van der Waals surface area contributed by atoms with Gasteiger partial charge in [-0.05, 0) is 43.2 Å². The van der Waals surface area contributed by atoms with Gasteiger partial charge in [-0.2, -0.15) is 5.26 Å². The van der Waals surface area contributed by atoms with E-state index in [-0.39, 0.29) is 9.80 Å². The molecule has 0 radical (unpaired) electrons. The summed E-state index contributed by atoms with van der Waals surface area (Å²) < 4.78 is 25.0. The van der Waals surface area contributed by atoms with E-state index in [1.807, 2.05) is 44.2 Å². The van der Waals surface area contributed by atoms with Crippen LogP contribution in [0.25, 0.3) is 0 Å². The molecule has 0 amide bonds. The summed E-state index contributed by atoms with van der Waals surface area (Å²) >= 11 is 0. The zero-order chi connectivity index (χ0) is 15.9. The molecule has 0 atom stereocenters. The number of benzene rings is 2. The average Bonchev–Trinajstić information content (AvgIpc) is 2.48. The molecule has 0 saturated heterocycles. The molecule has 0 saturated carbocycles. The van der Waals surface area contributed by atoms with Gasteiger partial charge in [-0.25, -0.2) is 8.42 Å². The van der Waals surface area contributed by atoms with Crippen molar-refractivity contribution >= 4 is 21.2 Å². The molecule has 2 aromatic rings. The number of nitriles is 1. The maximum absolute atomic E-state index is 12.5. The Bertz CT molecular complexity index is 937. The first-order valence-corrected chi connectivity index (χ1v) is 8.26. The highest BCUT2D eigenvalue weighted by Gasteiger charge is 2.32. The zero-order valence-electron chi connectivity index (χ0n) is 12.2. The van der Waals surface area contributed by atoms with E-state index in [0.717, 1.165) is 16.8 Å². The fourth-order valence-corrected chi connectivity index (χ4v) is 3.82. The standard InChI is InChI=1S/C17H14N2O2S/c1-12-7-8-17-16(9-12)19(11-14(10-18)22(17,20)21)15-6-4-3-5-13(15)2/h3-9,11H,1-2H3. The third kappa shape index (κ3) is 2.09. The van der Waals surface area contributed by atoms with E-state index in [4.69, 9.17) is 0 Å². The van der Waals surface area contributed by atoms with Crippen LogP contribution in [0.4, 0.5) is 11.4 Å². The number of sulfone groups is 1. The van der Waals surface area contributed by atoms with Crippen LogP contribution in [-0.2, 0) is 9.84 Å². The molecule has 0 unspecified atom stereocenters. The molecule has 22 heavy (non-hydrogen) atoms. The molecule has 5 heteroatoms. The van der Waals surface area contributed by atoms with Crippen LogP contribution in [0.1, 0.15) is 11.1 Å². The second-order valence-corrected chi connectivity index (χ2v) is 7.12. The van der Waals surface area contributed by atoms with Crippen LogP contribution < -0.4 is 4.90 Å². The van der Waals surface area contributed by atoms with Gasteiger partial charge >= 0.3 is 0 Å². The lowest BCUT2D eigenvalue weighted by Gasteiger charge is -2.29. The minimum atomic E-state index is -3.75. The number of hydrogen-bond acceptors (Lipinski definition) is 4. The van der Waals surface area contributed by atoms with Crippen molar-refractivity contribution in [2.45, 2.75) is 18.7 Å². The van der Waals surface area contributed by atoms with E-state index in [0.29, 0.717) is 5.69 Å². The Morgan fingerprint density at radius 3 is 2.45 bits per heavy atom. The van der Waals surface area contributed by atoms with E-state index >= 15 is 0 Å². The molecule has 0 fully saturated rings. The van der Waals surface area contributed by atoms with Crippen LogP contribution in [0.2, 0.25) is 0 Å². The highest BCUT2D eigenvalue weighted by molar-refractivity contribution is 7.95. The summed E-state index contributed by atoms with van der Waals surface area (Å²) in [5, 5.41) is 9.22. The highest BCUT2D eigenvalue weighted by Crippen LogP contribution is 2.40. The van der Waals surface area contributed by atoms with Crippen molar-refractivity contribution in [3.8, 4) is 6.07 Å². The predicted octanol–water partition coefficient (Wildman–Crippen LogP) is 3.59. The summed E-state index contributed by atoms with van der Waals surface area (Å²) in [7, 11) is -3.75. The third-order valence-electron chi connectivity index (χ3n) is 3.68. The molecule has 1 aliphatic rings. The van der Waals surface area contributed by atoms with Gasteiger partial charge in [0, 0.05) is 11.9 Å². The SMILES string of the molecule is Cc1ccc2c(c1)N(c1ccccc1C)C=C(C#N)S2(=O)=O. The maximum atomic E-state index is 12.5. The lowest BCUT2D eigenvalue weighted by atomic mass is 10.1. The zero-order valence-corrected chi connectivity index (χ0v) is 13.1. The number of aryl methyl sites for hydroxylation is 2. The van der Waals surface area contributed by atoms with Crippen molar-refractivity contribution in [1.82, 2.24) is 0 Å². The molecular weight excluding hydrogens is 296 g/mol. The van der Waals surface area contributed by atoms with Gasteiger partial charge in [0.25, 0.3) is 0 Å². The van der Waals surface area contributed by atoms with E-state index in [1.54, 1.807) is 23.1 Å².